The van der Waals surface area contributed by atoms with Gasteiger partial charge in [-0.15, -0.1) is 0 Å². The molecule has 0 amide bonds. The van der Waals surface area contributed by atoms with Crippen LogP contribution < -0.4 is 0 Å². The maximum Gasteiger partial charge on any atom is 0.175 e. The first-order chi connectivity index (χ1) is 10.8. The summed E-state index contributed by atoms with van der Waals surface area (Å²) in [6, 6.07) is 10.1. The molecule has 4 nitrogen and oxygen atoms in total. The largest absolute Gasteiger partial charge is 0.478 e. The van der Waals surface area contributed by atoms with E-state index in [9.17, 15) is 0 Å². The summed E-state index contributed by atoms with van der Waals surface area (Å²) in [5.74, 6) is 0. The first-order valence-corrected chi connectivity index (χ1v) is 7.71. The molecular formula is C19H21N3O. The molecule has 0 fully saturated rings. The molecule has 1 aromatic carbocycles. The van der Waals surface area contributed by atoms with Crippen molar-refractivity contribution in [1.29, 1.82) is 0 Å². The molecule has 0 aliphatic carbocycles. The van der Waals surface area contributed by atoms with Crippen molar-refractivity contribution in [2.24, 2.45) is 4.99 Å². The number of hydrogen-bond donors (Lipinski definition) is 0. The number of pyridine rings is 2. The van der Waals surface area contributed by atoms with E-state index in [0.717, 1.165) is 38.9 Å². The Labute approximate surface area is 136 Å². The van der Waals surface area contributed by atoms with E-state index in [1.807, 2.05) is 58.9 Å². The zero-order chi connectivity index (χ0) is 16.6. The summed E-state index contributed by atoms with van der Waals surface area (Å²) < 4.78 is 5.61. The van der Waals surface area contributed by atoms with Crippen LogP contribution in [0.15, 0.2) is 35.3 Å². The quantitative estimate of drug-likeness (QED) is 0.385. The van der Waals surface area contributed by atoms with Crippen LogP contribution in [-0.2, 0) is 4.74 Å². The van der Waals surface area contributed by atoms with E-state index in [1.165, 1.54) is 6.40 Å². The Bertz CT molecular complexity index is 908. The van der Waals surface area contributed by atoms with E-state index in [4.69, 9.17) is 4.74 Å². The van der Waals surface area contributed by atoms with Crippen LogP contribution in [0.4, 0.5) is 5.69 Å². The van der Waals surface area contributed by atoms with Crippen LogP contribution in [-0.4, -0.2) is 22.0 Å². The predicted molar refractivity (Wildman–Crippen MR) is 95.5 cm³/mol. The van der Waals surface area contributed by atoms with E-state index < -0.39 is 0 Å². The van der Waals surface area contributed by atoms with Gasteiger partial charge >= 0.3 is 0 Å². The molecule has 0 saturated heterocycles. The van der Waals surface area contributed by atoms with Crippen LogP contribution in [0.3, 0.4) is 0 Å². The molecule has 0 N–H and O–H groups in total. The van der Waals surface area contributed by atoms with E-state index in [0.29, 0.717) is 0 Å². The fraction of sp³-hybridized carbons (Fsp3) is 0.316. The van der Waals surface area contributed by atoms with Gasteiger partial charge in [-0.25, -0.2) is 4.99 Å². The third-order valence-corrected chi connectivity index (χ3v) is 3.49. The lowest BCUT2D eigenvalue weighted by molar-refractivity contribution is 0.127. The maximum absolute atomic E-state index is 5.61. The molecule has 118 valence electrons. The molecule has 4 heteroatoms. The second-order valence-electron chi connectivity index (χ2n) is 6.73. The van der Waals surface area contributed by atoms with Crippen molar-refractivity contribution in [2.45, 2.75) is 40.2 Å². The van der Waals surface area contributed by atoms with Gasteiger partial charge in [-0.1, -0.05) is 6.07 Å². The van der Waals surface area contributed by atoms with Gasteiger partial charge < -0.3 is 4.74 Å². The Morgan fingerprint density at radius 3 is 2.30 bits per heavy atom. The smallest absolute Gasteiger partial charge is 0.175 e. The molecule has 0 unspecified atom stereocenters. The van der Waals surface area contributed by atoms with Crippen molar-refractivity contribution >= 4 is 33.9 Å². The molecule has 0 bridgehead atoms. The monoisotopic (exact) mass is 307 g/mol. The van der Waals surface area contributed by atoms with Gasteiger partial charge in [-0.3, -0.25) is 9.97 Å². The lowest BCUT2D eigenvalue weighted by Gasteiger charge is -2.16. The molecule has 3 rings (SSSR count). The normalized spacial score (nSPS) is 12.4. The van der Waals surface area contributed by atoms with Gasteiger partial charge in [0, 0.05) is 22.2 Å². The van der Waals surface area contributed by atoms with E-state index in [-0.39, 0.29) is 5.60 Å². The third-order valence-electron chi connectivity index (χ3n) is 3.49. The van der Waals surface area contributed by atoms with Crippen molar-refractivity contribution < 1.29 is 4.74 Å². The molecule has 0 aliphatic heterocycles. The van der Waals surface area contributed by atoms with Gasteiger partial charge in [-0.05, 0) is 58.9 Å². The van der Waals surface area contributed by atoms with E-state index in [1.54, 1.807) is 0 Å². The molecule has 2 aromatic heterocycles. The summed E-state index contributed by atoms with van der Waals surface area (Å²) in [7, 11) is 0. The molecule has 0 radical (unpaired) electrons. The van der Waals surface area contributed by atoms with Crippen molar-refractivity contribution in [3.63, 3.8) is 0 Å². The molecule has 23 heavy (non-hydrogen) atoms. The zero-order valence-electron chi connectivity index (χ0n) is 14.2. The SMILES string of the molecule is Cc1ccc2cc(N=COC(C)(C)C)c3ccc(C)nc3c2n1. The minimum absolute atomic E-state index is 0.260. The zero-order valence-corrected chi connectivity index (χ0v) is 14.2. The summed E-state index contributed by atoms with van der Waals surface area (Å²) >= 11 is 0. The predicted octanol–water partition coefficient (Wildman–Crippen LogP) is 4.87. The Morgan fingerprint density at radius 1 is 0.957 bits per heavy atom. The topological polar surface area (TPSA) is 47.4 Å². The Morgan fingerprint density at radius 2 is 1.61 bits per heavy atom. The van der Waals surface area contributed by atoms with Crippen LogP contribution in [0.5, 0.6) is 0 Å². The molecule has 2 heterocycles. The van der Waals surface area contributed by atoms with Crippen LogP contribution in [0.1, 0.15) is 32.2 Å². The van der Waals surface area contributed by atoms with Crippen LogP contribution in [0.25, 0.3) is 21.8 Å². The number of aryl methyl sites for hydroxylation is 2. The second kappa shape index (κ2) is 5.61. The minimum atomic E-state index is -0.260. The van der Waals surface area contributed by atoms with Gasteiger partial charge in [0.2, 0.25) is 0 Å². The number of benzene rings is 1. The number of hydrogen-bond acceptors (Lipinski definition) is 4. The van der Waals surface area contributed by atoms with Crippen LogP contribution in [0, 0.1) is 13.8 Å². The number of aromatic nitrogens is 2. The van der Waals surface area contributed by atoms with Crippen molar-refractivity contribution in [1.82, 2.24) is 9.97 Å². The molecule has 3 aromatic rings. The number of rotatable bonds is 2. The van der Waals surface area contributed by atoms with Gasteiger partial charge in [0.05, 0.1) is 16.7 Å². The highest BCUT2D eigenvalue weighted by Crippen LogP contribution is 2.32. The van der Waals surface area contributed by atoms with E-state index in [2.05, 4.69) is 21.0 Å². The van der Waals surface area contributed by atoms with Gasteiger partial charge in [0.15, 0.2) is 6.40 Å². The molecule has 0 saturated carbocycles. The number of fused-ring (bicyclic) bond motifs is 3. The fourth-order valence-electron chi connectivity index (χ4n) is 2.39. The van der Waals surface area contributed by atoms with Gasteiger partial charge in [0.1, 0.15) is 5.60 Å². The first kappa shape index (κ1) is 15.4. The lowest BCUT2D eigenvalue weighted by atomic mass is 10.1. The summed E-state index contributed by atoms with van der Waals surface area (Å²) in [6.07, 6.45) is 1.52. The number of nitrogens with zero attached hydrogens (tertiary/aromatic N) is 3. The summed E-state index contributed by atoms with van der Waals surface area (Å²) in [4.78, 5) is 13.9. The van der Waals surface area contributed by atoms with Crippen molar-refractivity contribution in [2.75, 3.05) is 0 Å². The number of ether oxygens (including phenoxy) is 1. The molecule has 0 atom stereocenters. The van der Waals surface area contributed by atoms with Crippen LogP contribution in [0.2, 0.25) is 0 Å². The molecular weight excluding hydrogens is 286 g/mol. The third kappa shape index (κ3) is 3.31. The van der Waals surface area contributed by atoms with Crippen LogP contribution >= 0.6 is 0 Å². The fourth-order valence-corrected chi connectivity index (χ4v) is 2.39. The minimum Gasteiger partial charge on any atom is -0.478 e. The summed E-state index contributed by atoms with van der Waals surface area (Å²) in [5, 5.41) is 2.01. The van der Waals surface area contributed by atoms with Crippen molar-refractivity contribution in [3.05, 3.63) is 41.7 Å². The highest BCUT2D eigenvalue weighted by Gasteiger charge is 2.11. The molecule has 0 spiro atoms. The maximum atomic E-state index is 5.61. The summed E-state index contributed by atoms with van der Waals surface area (Å²) in [6.45, 7) is 9.96. The first-order valence-electron chi connectivity index (χ1n) is 7.71. The van der Waals surface area contributed by atoms with E-state index >= 15 is 0 Å². The second-order valence-corrected chi connectivity index (χ2v) is 6.73. The number of aliphatic imine (C=N–C) groups is 1. The Hall–Kier alpha value is -2.49. The average molecular weight is 307 g/mol. The van der Waals surface area contributed by atoms with Gasteiger partial charge in [-0.2, -0.15) is 0 Å². The standard InChI is InChI=1S/C19H21N3O/c1-12-6-8-14-10-16(20-11-23-19(3,4)5)15-9-7-13(2)22-18(15)17(14)21-12/h6-11H,1-5H3. The highest BCUT2D eigenvalue weighted by atomic mass is 16.5. The average Bonchev–Trinajstić information content (AvgIpc) is 2.46. The van der Waals surface area contributed by atoms with Gasteiger partial charge in [0.25, 0.3) is 0 Å². The Balaban J connectivity index is 2.22. The Kier molecular flexibility index (Phi) is 3.76. The lowest BCUT2D eigenvalue weighted by Crippen LogP contribution is -2.17. The summed E-state index contributed by atoms with van der Waals surface area (Å²) in [5.41, 5.74) is 4.33. The highest BCUT2D eigenvalue weighted by molar-refractivity contribution is 6.08. The van der Waals surface area contributed by atoms with Crippen molar-refractivity contribution in [3.8, 4) is 0 Å². The molecule has 0 aliphatic rings.